The Morgan fingerprint density at radius 2 is 2.00 bits per heavy atom. The van der Waals surface area contributed by atoms with Crippen LogP contribution in [-0.4, -0.2) is 11.2 Å². The van der Waals surface area contributed by atoms with Crippen molar-refractivity contribution >= 4 is 0 Å². The minimum Gasteiger partial charge on any atom is -0.389 e. The van der Waals surface area contributed by atoms with Gasteiger partial charge in [-0.05, 0) is 36.2 Å². The van der Waals surface area contributed by atoms with Gasteiger partial charge in [-0.3, -0.25) is 0 Å². The Balaban J connectivity index is 2.57. The van der Waals surface area contributed by atoms with Crippen LogP contribution in [0.15, 0.2) is 12.2 Å². The second-order valence-corrected chi connectivity index (χ2v) is 5.01. The van der Waals surface area contributed by atoms with Gasteiger partial charge in [-0.1, -0.05) is 27.4 Å². The van der Waals surface area contributed by atoms with Gasteiger partial charge in [-0.15, -0.1) is 0 Å². The van der Waals surface area contributed by atoms with Crippen molar-refractivity contribution < 1.29 is 5.11 Å². The lowest BCUT2D eigenvalue weighted by Crippen LogP contribution is -2.30. The van der Waals surface area contributed by atoms with Crippen molar-refractivity contribution in [1.29, 1.82) is 0 Å². The second-order valence-electron chi connectivity index (χ2n) is 5.01. The Morgan fingerprint density at radius 1 is 1.42 bits per heavy atom. The molecule has 1 aliphatic rings. The van der Waals surface area contributed by atoms with Crippen LogP contribution in [0.3, 0.4) is 0 Å². The van der Waals surface area contributed by atoms with Gasteiger partial charge in [-0.2, -0.15) is 0 Å². The van der Waals surface area contributed by atoms with Crippen molar-refractivity contribution in [2.75, 3.05) is 0 Å². The normalized spacial score (nSPS) is 32.2. The first-order valence-electron chi connectivity index (χ1n) is 4.77. The Bertz CT molecular complexity index is 176. The van der Waals surface area contributed by atoms with Gasteiger partial charge in [0.05, 0.1) is 6.10 Å². The first-order valence-corrected chi connectivity index (χ1v) is 4.77. The summed E-state index contributed by atoms with van der Waals surface area (Å²) < 4.78 is 0. The predicted octanol–water partition coefficient (Wildman–Crippen LogP) is 2.75. The third-order valence-corrected chi connectivity index (χ3v) is 3.02. The maximum atomic E-state index is 9.61. The predicted molar refractivity (Wildman–Crippen MR) is 51.9 cm³/mol. The molecule has 0 bridgehead atoms. The lowest BCUT2D eigenvalue weighted by Gasteiger charge is -2.36. The molecule has 0 aliphatic heterocycles. The van der Waals surface area contributed by atoms with Crippen molar-refractivity contribution in [1.82, 2.24) is 0 Å². The molecule has 1 N–H and O–H groups in total. The van der Waals surface area contributed by atoms with Crippen LogP contribution in [0.1, 0.15) is 40.0 Å². The first kappa shape index (κ1) is 9.79. The van der Waals surface area contributed by atoms with E-state index in [-0.39, 0.29) is 6.10 Å². The molecule has 12 heavy (non-hydrogen) atoms. The van der Waals surface area contributed by atoms with Crippen LogP contribution in [0.2, 0.25) is 0 Å². The summed E-state index contributed by atoms with van der Waals surface area (Å²) in [5.41, 5.74) is 1.36. The third-order valence-electron chi connectivity index (χ3n) is 3.02. The van der Waals surface area contributed by atoms with E-state index >= 15 is 0 Å². The molecule has 0 spiro atoms. The molecule has 0 aromatic heterocycles. The monoisotopic (exact) mass is 168 g/mol. The largest absolute Gasteiger partial charge is 0.389 e. The number of rotatable bonds is 0. The summed E-state index contributed by atoms with van der Waals surface area (Å²) in [6.07, 6.45) is 2.85. The molecule has 0 aromatic rings. The topological polar surface area (TPSA) is 20.2 Å². The molecule has 70 valence electrons. The fraction of sp³-hybridized carbons (Fsp3) is 0.818. The highest BCUT2D eigenvalue weighted by Crippen LogP contribution is 2.39. The molecule has 0 aromatic carbocycles. The van der Waals surface area contributed by atoms with E-state index in [4.69, 9.17) is 0 Å². The van der Waals surface area contributed by atoms with Crippen LogP contribution < -0.4 is 0 Å². The minimum atomic E-state index is -0.247. The molecule has 1 nitrogen and oxygen atoms in total. The number of hydrogen-bond donors (Lipinski definition) is 1. The van der Waals surface area contributed by atoms with Crippen molar-refractivity contribution in [2.24, 2.45) is 11.3 Å². The maximum Gasteiger partial charge on any atom is 0.0750 e. The van der Waals surface area contributed by atoms with Crippen LogP contribution in [-0.2, 0) is 0 Å². The van der Waals surface area contributed by atoms with Crippen molar-refractivity contribution in [3.05, 3.63) is 12.2 Å². The van der Waals surface area contributed by atoms with Crippen molar-refractivity contribution in [3.8, 4) is 0 Å². The number of aliphatic hydroxyl groups excluding tert-OH is 1. The highest BCUT2D eigenvalue weighted by Gasteiger charge is 2.31. The van der Waals surface area contributed by atoms with Crippen LogP contribution in [0.5, 0.6) is 0 Å². The average Bonchev–Trinajstić information content (AvgIpc) is 1.92. The highest BCUT2D eigenvalue weighted by molar-refractivity contribution is 5.06. The zero-order valence-corrected chi connectivity index (χ0v) is 8.43. The van der Waals surface area contributed by atoms with E-state index in [9.17, 15) is 5.11 Å². The fourth-order valence-electron chi connectivity index (χ4n) is 1.87. The molecular formula is C11H20O. The quantitative estimate of drug-likeness (QED) is 0.551. The summed E-state index contributed by atoms with van der Waals surface area (Å²) in [5, 5.41) is 9.61. The van der Waals surface area contributed by atoms with E-state index in [0.29, 0.717) is 11.3 Å². The van der Waals surface area contributed by atoms with Crippen molar-refractivity contribution in [3.63, 3.8) is 0 Å². The fourth-order valence-corrected chi connectivity index (χ4v) is 1.87. The van der Waals surface area contributed by atoms with Gasteiger partial charge in [0.2, 0.25) is 0 Å². The summed E-state index contributed by atoms with van der Waals surface area (Å²) in [7, 11) is 0. The average molecular weight is 168 g/mol. The van der Waals surface area contributed by atoms with E-state index in [2.05, 4.69) is 27.4 Å². The zero-order valence-electron chi connectivity index (χ0n) is 8.43. The van der Waals surface area contributed by atoms with E-state index in [1.54, 1.807) is 0 Å². The Kier molecular flexibility index (Phi) is 2.62. The second kappa shape index (κ2) is 3.21. The minimum absolute atomic E-state index is 0.247. The van der Waals surface area contributed by atoms with Crippen LogP contribution in [0, 0.1) is 11.3 Å². The van der Waals surface area contributed by atoms with Crippen LogP contribution in [0.25, 0.3) is 0 Å². The molecule has 1 fully saturated rings. The van der Waals surface area contributed by atoms with Gasteiger partial charge in [-0.25, -0.2) is 0 Å². The SMILES string of the molecule is C=C1CC[C@@H](C(C)(C)C)C[C@H]1O. The van der Waals surface area contributed by atoms with E-state index in [1.807, 2.05) is 0 Å². The van der Waals surface area contributed by atoms with Gasteiger partial charge in [0.1, 0.15) is 0 Å². The van der Waals surface area contributed by atoms with E-state index in [0.717, 1.165) is 18.4 Å². The molecule has 1 saturated carbocycles. The lowest BCUT2D eigenvalue weighted by molar-refractivity contribution is 0.0954. The maximum absolute atomic E-state index is 9.61. The summed E-state index contributed by atoms with van der Waals surface area (Å²) in [4.78, 5) is 0. The molecule has 0 amide bonds. The highest BCUT2D eigenvalue weighted by atomic mass is 16.3. The standard InChI is InChI=1S/C11H20O/c1-8-5-6-9(7-10(8)12)11(2,3)4/h9-10,12H,1,5-7H2,2-4H3/t9-,10-/m1/s1. The van der Waals surface area contributed by atoms with Gasteiger partial charge >= 0.3 is 0 Å². The van der Waals surface area contributed by atoms with Crippen LogP contribution >= 0.6 is 0 Å². The molecule has 0 saturated heterocycles. The number of hydrogen-bond acceptors (Lipinski definition) is 1. The third kappa shape index (κ3) is 2.10. The molecule has 2 atom stereocenters. The summed E-state index contributed by atoms with van der Waals surface area (Å²) >= 11 is 0. The Labute approximate surface area is 75.5 Å². The van der Waals surface area contributed by atoms with Gasteiger partial charge < -0.3 is 5.11 Å². The lowest BCUT2D eigenvalue weighted by atomic mass is 9.70. The van der Waals surface area contributed by atoms with Gasteiger partial charge in [0.15, 0.2) is 0 Å². The molecule has 0 radical (unpaired) electrons. The first-order chi connectivity index (χ1) is 5.41. The summed E-state index contributed by atoms with van der Waals surface area (Å²) in [6, 6.07) is 0. The van der Waals surface area contributed by atoms with Crippen LogP contribution in [0.4, 0.5) is 0 Å². The van der Waals surface area contributed by atoms with E-state index < -0.39 is 0 Å². The summed E-state index contributed by atoms with van der Waals surface area (Å²) in [5.74, 6) is 0.651. The van der Waals surface area contributed by atoms with Gasteiger partial charge in [0, 0.05) is 0 Å². The molecule has 1 aliphatic carbocycles. The molecule has 1 rings (SSSR count). The van der Waals surface area contributed by atoms with E-state index in [1.165, 1.54) is 6.42 Å². The zero-order chi connectivity index (χ0) is 9.35. The molecule has 1 heteroatoms. The Morgan fingerprint density at radius 3 is 2.42 bits per heavy atom. The smallest absolute Gasteiger partial charge is 0.0750 e. The Hall–Kier alpha value is -0.300. The van der Waals surface area contributed by atoms with Crippen molar-refractivity contribution in [2.45, 2.75) is 46.1 Å². The van der Waals surface area contributed by atoms with Gasteiger partial charge in [0.25, 0.3) is 0 Å². The molecule has 0 heterocycles. The molecule has 0 unspecified atom stereocenters. The molecular weight excluding hydrogens is 148 g/mol. The summed E-state index contributed by atoms with van der Waals surface area (Å²) in [6.45, 7) is 10.6. The number of aliphatic hydroxyl groups is 1.